The Morgan fingerprint density at radius 2 is 2.43 bits per heavy atom. The molecule has 0 atom stereocenters. The molecule has 5 nitrogen and oxygen atoms in total. The molecule has 1 heterocycles. The second kappa shape index (κ2) is 3.79. The standard InChI is InChI=1S/C9H12N2O3/c12-5-6-3-7(4-6)14-9-10-2-1-8(13)11-9/h1-2,6-7,12H,3-5H2,(H,10,11,13). The number of ether oxygens (including phenoxy) is 1. The van der Waals surface area contributed by atoms with Crippen molar-refractivity contribution < 1.29 is 9.84 Å². The van der Waals surface area contributed by atoms with Crippen LogP contribution in [-0.4, -0.2) is 27.8 Å². The maximum atomic E-state index is 10.9. The molecule has 1 aliphatic rings. The number of nitrogens with zero attached hydrogens (tertiary/aromatic N) is 1. The van der Waals surface area contributed by atoms with Gasteiger partial charge in [-0.2, -0.15) is 0 Å². The number of aromatic nitrogens is 2. The molecule has 1 saturated carbocycles. The number of aliphatic hydroxyl groups is 1. The van der Waals surface area contributed by atoms with Gasteiger partial charge in [0.05, 0.1) is 0 Å². The summed E-state index contributed by atoms with van der Waals surface area (Å²) in [4.78, 5) is 17.2. The first kappa shape index (κ1) is 9.21. The van der Waals surface area contributed by atoms with Crippen molar-refractivity contribution >= 4 is 0 Å². The zero-order valence-electron chi connectivity index (χ0n) is 7.64. The van der Waals surface area contributed by atoms with E-state index < -0.39 is 0 Å². The molecule has 0 amide bonds. The summed E-state index contributed by atoms with van der Waals surface area (Å²) in [7, 11) is 0. The molecule has 0 aromatic carbocycles. The van der Waals surface area contributed by atoms with Crippen molar-refractivity contribution in [3.05, 3.63) is 22.6 Å². The lowest BCUT2D eigenvalue weighted by molar-refractivity contribution is 0.0262. The fraction of sp³-hybridized carbons (Fsp3) is 0.556. The number of aliphatic hydroxyl groups excluding tert-OH is 1. The van der Waals surface area contributed by atoms with Gasteiger partial charge >= 0.3 is 0 Å². The fourth-order valence-electron chi connectivity index (χ4n) is 1.49. The van der Waals surface area contributed by atoms with Crippen LogP contribution in [0, 0.1) is 5.92 Å². The SMILES string of the molecule is O=c1ccnc(OC2CC(CO)C2)[nH]1. The summed E-state index contributed by atoms with van der Waals surface area (Å²) in [6.45, 7) is 0.207. The minimum absolute atomic E-state index is 0.0812. The zero-order chi connectivity index (χ0) is 9.97. The highest BCUT2D eigenvalue weighted by molar-refractivity contribution is 4.96. The van der Waals surface area contributed by atoms with Crippen LogP contribution in [0.3, 0.4) is 0 Å². The third-order valence-corrected chi connectivity index (χ3v) is 2.38. The fourth-order valence-corrected chi connectivity index (χ4v) is 1.49. The Kier molecular flexibility index (Phi) is 2.49. The lowest BCUT2D eigenvalue weighted by Gasteiger charge is -2.33. The highest BCUT2D eigenvalue weighted by atomic mass is 16.5. The first-order valence-electron chi connectivity index (χ1n) is 4.61. The largest absolute Gasteiger partial charge is 0.461 e. The number of hydrogen-bond acceptors (Lipinski definition) is 4. The van der Waals surface area contributed by atoms with E-state index in [4.69, 9.17) is 9.84 Å². The Labute approximate surface area is 80.8 Å². The normalized spacial score (nSPS) is 25.5. The van der Waals surface area contributed by atoms with Gasteiger partial charge in [-0.15, -0.1) is 0 Å². The van der Waals surface area contributed by atoms with Crippen molar-refractivity contribution in [3.63, 3.8) is 0 Å². The van der Waals surface area contributed by atoms with Crippen LogP contribution in [0.2, 0.25) is 0 Å². The molecular weight excluding hydrogens is 184 g/mol. The Hall–Kier alpha value is -1.36. The molecule has 0 unspecified atom stereocenters. The molecule has 0 radical (unpaired) electrons. The van der Waals surface area contributed by atoms with Crippen LogP contribution in [-0.2, 0) is 0 Å². The van der Waals surface area contributed by atoms with Gasteiger partial charge in [0.2, 0.25) is 0 Å². The average Bonchev–Trinajstić information content (AvgIpc) is 2.10. The predicted octanol–water partition coefficient (Wildman–Crippen LogP) is -0.0804. The molecule has 1 aliphatic carbocycles. The molecular formula is C9H12N2O3. The van der Waals surface area contributed by atoms with Gasteiger partial charge in [-0.25, -0.2) is 4.98 Å². The van der Waals surface area contributed by atoms with Crippen molar-refractivity contribution in [1.29, 1.82) is 0 Å². The van der Waals surface area contributed by atoms with Gasteiger partial charge in [0.15, 0.2) is 0 Å². The second-order valence-electron chi connectivity index (χ2n) is 3.50. The number of aromatic amines is 1. The molecule has 1 fully saturated rings. The molecule has 0 aliphatic heterocycles. The zero-order valence-corrected chi connectivity index (χ0v) is 7.64. The summed E-state index contributed by atoms with van der Waals surface area (Å²) < 4.78 is 5.39. The van der Waals surface area contributed by atoms with Crippen molar-refractivity contribution in [1.82, 2.24) is 9.97 Å². The molecule has 2 N–H and O–H groups in total. The monoisotopic (exact) mass is 196 g/mol. The third-order valence-electron chi connectivity index (χ3n) is 2.38. The highest BCUT2D eigenvalue weighted by Gasteiger charge is 2.30. The maximum Gasteiger partial charge on any atom is 0.296 e. The number of H-pyrrole nitrogens is 1. The summed E-state index contributed by atoms with van der Waals surface area (Å²) >= 11 is 0. The molecule has 0 spiro atoms. The Morgan fingerprint density at radius 3 is 3.07 bits per heavy atom. The third kappa shape index (κ3) is 1.93. The van der Waals surface area contributed by atoms with Crippen molar-refractivity contribution in [2.24, 2.45) is 5.92 Å². The van der Waals surface area contributed by atoms with Crippen molar-refractivity contribution in [3.8, 4) is 6.01 Å². The van der Waals surface area contributed by atoms with Gasteiger partial charge in [0.1, 0.15) is 6.10 Å². The molecule has 1 aromatic rings. The van der Waals surface area contributed by atoms with Gasteiger partial charge in [-0.3, -0.25) is 9.78 Å². The van der Waals surface area contributed by atoms with E-state index >= 15 is 0 Å². The van der Waals surface area contributed by atoms with Crippen LogP contribution in [0.1, 0.15) is 12.8 Å². The lowest BCUT2D eigenvalue weighted by Crippen LogP contribution is -2.36. The summed E-state index contributed by atoms with van der Waals surface area (Å²) in [6, 6.07) is 1.60. The van der Waals surface area contributed by atoms with E-state index in [1.807, 2.05) is 0 Å². The van der Waals surface area contributed by atoms with Gasteiger partial charge in [0, 0.05) is 18.9 Å². The van der Waals surface area contributed by atoms with E-state index in [1.165, 1.54) is 12.3 Å². The van der Waals surface area contributed by atoms with Gasteiger partial charge < -0.3 is 9.84 Å². The molecule has 2 rings (SSSR count). The summed E-state index contributed by atoms with van der Waals surface area (Å²) in [5.41, 5.74) is -0.215. The van der Waals surface area contributed by atoms with E-state index in [-0.39, 0.29) is 24.3 Å². The topological polar surface area (TPSA) is 75.2 Å². The Balaban J connectivity index is 1.90. The van der Waals surface area contributed by atoms with E-state index in [0.717, 1.165) is 12.8 Å². The second-order valence-corrected chi connectivity index (χ2v) is 3.50. The van der Waals surface area contributed by atoms with E-state index in [0.29, 0.717) is 5.92 Å². The summed E-state index contributed by atoms with van der Waals surface area (Å²) in [5, 5.41) is 8.79. The van der Waals surface area contributed by atoms with Crippen LogP contribution >= 0.6 is 0 Å². The molecule has 0 saturated heterocycles. The number of nitrogens with one attached hydrogen (secondary N) is 1. The Bertz CT molecular complexity index is 357. The first-order valence-corrected chi connectivity index (χ1v) is 4.61. The van der Waals surface area contributed by atoms with Crippen LogP contribution in [0.5, 0.6) is 6.01 Å². The van der Waals surface area contributed by atoms with E-state index in [2.05, 4.69) is 9.97 Å². The smallest absolute Gasteiger partial charge is 0.296 e. The molecule has 5 heteroatoms. The first-order chi connectivity index (χ1) is 6.78. The lowest BCUT2D eigenvalue weighted by atomic mass is 9.83. The van der Waals surface area contributed by atoms with Crippen LogP contribution in [0.25, 0.3) is 0 Å². The van der Waals surface area contributed by atoms with Gasteiger partial charge in [-0.05, 0) is 18.8 Å². The van der Waals surface area contributed by atoms with E-state index in [9.17, 15) is 4.79 Å². The summed E-state index contributed by atoms with van der Waals surface area (Å²) in [6.07, 6.45) is 3.15. The summed E-state index contributed by atoms with van der Waals surface area (Å²) in [5.74, 6) is 0.343. The minimum atomic E-state index is -0.215. The molecule has 14 heavy (non-hydrogen) atoms. The number of rotatable bonds is 3. The van der Waals surface area contributed by atoms with Gasteiger partial charge in [0.25, 0.3) is 11.6 Å². The highest BCUT2D eigenvalue weighted by Crippen LogP contribution is 2.29. The molecule has 1 aromatic heterocycles. The quantitative estimate of drug-likeness (QED) is 0.709. The average molecular weight is 196 g/mol. The van der Waals surface area contributed by atoms with Crippen molar-refractivity contribution in [2.75, 3.05) is 6.61 Å². The maximum absolute atomic E-state index is 10.9. The van der Waals surface area contributed by atoms with Crippen LogP contribution < -0.4 is 10.3 Å². The van der Waals surface area contributed by atoms with E-state index in [1.54, 1.807) is 0 Å². The van der Waals surface area contributed by atoms with Crippen molar-refractivity contribution in [2.45, 2.75) is 18.9 Å². The molecule has 0 bridgehead atoms. The Morgan fingerprint density at radius 1 is 1.64 bits per heavy atom. The molecule has 76 valence electrons. The van der Waals surface area contributed by atoms with Gasteiger partial charge in [-0.1, -0.05) is 0 Å². The van der Waals surface area contributed by atoms with Crippen LogP contribution in [0.4, 0.5) is 0 Å². The number of hydrogen-bond donors (Lipinski definition) is 2. The van der Waals surface area contributed by atoms with Crippen LogP contribution in [0.15, 0.2) is 17.1 Å². The minimum Gasteiger partial charge on any atom is -0.461 e. The predicted molar refractivity (Wildman–Crippen MR) is 49.1 cm³/mol.